The summed E-state index contributed by atoms with van der Waals surface area (Å²) >= 11 is 19.3. The number of nitrogens with one attached hydrogen (secondary N) is 3. The van der Waals surface area contributed by atoms with Crippen molar-refractivity contribution in [2.24, 2.45) is 53.3 Å². The number of hydrogen-bond acceptors (Lipinski definition) is 24. The highest BCUT2D eigenvalue weighted by molar-refractivity contribution is 7.91. The Morgan fingerprint density at radius 1 is 0.458 bits per heavy atom. The van der Waals surface area contributed by atoms with Crippen LogP contribution in [0.3, 0.4) is 0 Å². The number of ether oxygens (including phenoxy) is 6. The second-order valence-corrected chi connectivity index (χ2v) is 51.3. The molecule has 0 radical (unpaired) electrons. The van der Waals surface area contributed by atoms with Crippen LogP contribution in [0.4, 0.5) is 17.1 Å². The highest BCUT2D eigenvalue weighted by Crippen LogP contribution is 2.55. The van der Waals surface area contributed by atoms with Crippen molar-refractivity contribution in [3.8, 4) is 17.2 Å². The van der Waals surface area contributed by atoms with Crippen LogP contribution in [-0.2, 0) is 84.6 Å². The maximum atomic E-state index is 13.6. The average Bonchev–Trinajstić information content (AvgIpc) is 1.17. The molecule has 6 aromatic carbocycles. The van der Waals surface area contributed by atoms with Gasteiger partial charge >= 0.3 is 0 Å². The fourth-order valence-electron chi connectivity index (χ4n) is 25.7. The summed E-state index contributed by atoms with van der Waals surface area (Å²) in [5, 5.41) is 34.0. The van der Waals surface area contributed by atoms with E-state index in [9.17, 15) is 59.8 Å². The standard InChI is InChI=1S/C38H50ClN3O7S.C38H48ClN3O6S.C33H39ClN2O6S/c1-25-5-3-14-38(45,23-41-15-16-48-21-31(41)20-43)33-10-7-29(33)19-42-22-37(13-4-6-27-17-30(39)9-11-32(27)37)24-49-35-12-8-28(18-34(35)42)36(44)40-50(46,47)26(25)2;1-25-5-3-14-38(23-41-15-16-46-20-31(41)21-48-38)33-10-7-29(33)19-42-22-37(13-4-6-27-17-30(39)9-11-32(27)37)24-47-35-12-8-28(18-34(35)42)36(43)40-49(44,45)26(25)2;1-21-5-3-14-33(39,19-37)28-10-7-25(28)17-36-18-32(13-4-6-23-15-26(34)9-11-27(23)32)20-42-30-12-8-24(16-29(30)36)31(38)35-43(40,41)22(21)2/h3,8-9,11-12,14,17-18,25-26,29,31,33,43,45H,4-7,10,13,15-16,19-24H2,1-2H3,(H,40,44);3,8-9,11-12,14,17-18,25-26,29,31,33H,4-7,10,13,15-16,19-24H2,1-2H3,(H,40,43);3,8-9,11-12,14-16,19,21-22,25,28,39H,4-7,10,13,17-18,20H2,1-2H3,(H,35,38)/b3*14-3+/t25-,26+,29-,31+,33+,37-,38+;25-,26+,29-,31-,33+,37-,38+;21-,22+,25-,28+,32-,33+/m000/s1. The molecular formula is C109H137Cl3N8O19S3. The number of carbonyl (C=O) groups is 4. The number of β-amino-alcohol motifs (C(OH)–C–C–N with tert-alkyl or cyclic N) is 1. The van der Waals surface area contributed by atoms with Crippen LogP contribution in [0.1, 0.15) is 202 Å². The van der Waals surface area contributed by atoms with E-state index in [4.69, 9.17) is 63.2 Å². The van der Waals surface area contributed by atoms with Crippen molar-refractivity contribution >= 4 is 106 Å². The summed E-state index contributed by atoms with van der Waals surface area (Å²) < 4.78 is 126. The van der Waals surface area contributed by atoms with E-state index < -0.39 is 80.3 Å². The van der Waals surface area contributed by atoms with Gasteiger partial charge in [-0.05, 0) is 314 Å². The first-order chi connectivity index (χ1) is 67.9. The molecule has 6 N–H and O–H groups in total. The summed E-state index contributed by atoms with van der Waals surface area (Å²) in [6.45, 7) is 21.3. The van der Waals surface area contributed by atoms with E-state index in [1.807, 2.05) is 62.4 Å². The fraction of sp³-hybridized carbons (Fsp3) is 0.578. The van der Waals surface area contributed by atoms with Crippen molar-refractivity contribution < 1.29 is 88.2 Å². The van der Waals surface area contributed by atoms with Gasteiger partial charge in [0.05, 0.1) is 110 Å². The first-order valence-corrected chi connectivity index (χ1v) is 57.1. The average molecular weight is 2070 g/mol. The number of aliphatic hydroxyl groups excluding tert-OH is 1. The Kier molecular flexibility index (Phi) is 29.7. The van der Waals surface area contributed by atoms with Crippen LogP contribution in [0.25, 0.3) is 0 Å². The molecule has 6 aliphatic carbocycles. The van der Waals surface area contributed by atoms with Crippen molar-refractivity contribution in [3.63, 3.8) is 0 Å². The lowest BCUT2D eigenvalue weighted by molar-refractivity contribution is -0.186. The summed E-state index contributed by atoms with van der Waals surface area (Å²) in [4.78, 5) is 64.4. The SMILES string of the molecule is C[C@@H]1[C@@H](C)C/C=C/[C@@](O)(C=O)[C@@H]2CC[C@H]2CN2C[C@@]3(CCCc4cc(Cl)ccc43)COc3ccc(cc32)C(=O)NS1(=O)=O.C[C@@H]1[C@@H](C)C/C=C/[C@@](O)(CN2CCOC[C@H]2CO)[C@@H]2CC[C@H]2CN2C[C@@]3(CCCc4cc(Cl)ccc43)COc3ccc(cc32)C(=O)NS1(=O)=O.C[C@@H]1[C@@H](C)C/C=C/[C@@]2(CN3CCOC[C@H]3CO2)[C@@H]2CC[C@H]2CN2C[C@@]3(CCCc4cc(Cl)ccc43)COc3ccc(cc32)C(=O)NS1(=O)=O. The fourth-order valence-corrected chi connectivity index (χ4v) is 30.2. The Balaban J connectivity index is 0.000000136. The smallest absolute Gasteiger partial charge is 0.264 e. The van der Waals surface area contributed by atoms with Gasteiger partial charge in [0.2, 0.25) is 30.1 Å². The van der Waals surface area contributed by atoms with Gasteiger partial charge in [0, 0.05) is 119 Å². The third kappa shape index (κ3) is 20.5. The van der Waals surface area contributed by atoms with Gasteiger partial charge in [0.15, 0.2) is 6.29 Å². The Morgan fingerprint density at radius 3 is 1.26 bits per heavy atom. The number of fused-ring (bicyclic) bond motifs is 14. The molecule has 4 spiro atoms. The largest absolute Gasteiger partial charge is 0.490 e. The Labute approximate surface area is 851 Å². The second-order valence-electron chi connectivity index (χ2n) is 43.9. The van der Waals surface area contributed by atoms with Crippen molar-refractivity contribution in [2.75, 3.05) is 140 Å². The van der Waals surface area contributed by atoms with Gasteiger partial charge in [-0.1, -0.05) is 104 Å². The monoisotopic (exact) mass is 2060 g/mol. The third-order valence-electron chi connectivity index (χ3n) is 35.2. The number of rotatable bonds is 4. The van der Waals surface area contributed by atoms with E-state index in [0.717, 1.165) is 145 Å². The number of aryl methyl sites for hydroxylation is 3. The second kappa shape index (κ2) is 41.2. The minimum absolute atomic E-state index is 0.0262. The van der Waals surface area contributed by atoms with E-state index in [0.29, 0.717) is 162 Å². The Hall–Kier alpha value is -8.18. The molecule has 6 bridgehead atoms. The molecule has 3 amide bonds. The van der Waals surface area contributed by atoms with E-state index >= 15 is 0 Å². The summed E-state index contributed by atoms with van der Waals surface area (Å²) in [6, 6.07) is 34.1. The Bertz CT molecular complexity index is 6240. The molecule has 142 heavy (non-hydrogen) atoms. The zero-order valence-corrected chi connectivity index (χ0v) is 86.9. The number of carbonyl (C=O) groups excluding carboxylic acids is 4. The van der Waals surface area contributed by atoms with Crippen LogP contribution in [0.2, 0.25) is 15.1 Å². The Morgan fingerprint density at radius 2 is 0.852 bits per heavy atom. The van der Waals surface area contributed by atoms with Gasteiger partial charge in [0.1, 0.15) is 28.5 Å². The molecule has 6 aromatic rings. The molecule has 6 fully saturated rings. The van der Waals surface area contributed by atoms with E-state index in [-0.39, 0.29) is 87.5 Å². The molecule has 9 aliphatic heterocycles. The topological polar surface area (TPSA) is 339 Å². The van der Waals surface area contributed by atoms with Crippen LogP contribution in [-0.4, -0.2) is 244 Å². The summed E-state index contributed by atoms with van der Waals surface area (Å²) in [6.07, 6.45) is 27.5. The molecule has 33 heteroatoms. The zero-order chi connectivity index (χ0) is 99.8. The molecule has 21 rings (SSSR count). The first kappa shape index (κ1) is 102. The molecule has 20 atom stereocenters. The molecule has 15 aliphatic rings. The predicted octanol–water partition coefficient (Wildman–Crippen LogP) is 14.5. The van der Waals surface area contributed by atoms with Crippen LogP contribution in [0.5, 0.6) is 17.2 Å². The molecule has 3 saturated heterocycles. The van der Waals surface area contributed by atoms with Gasteiger partial charge < -0.3 is 58.4 Å². The normalized spacial score (nSPS) is 35.4. The number of hydrogen-bond donors (Lipinski definition) is 6. The van der Waals surface area contributed by atoms with Gasteiger partial charge in [-0.2, -0.15) is 0 Å². The van der Waals surface area contributed by atoms with Crippen molar-refractivity contribution in [3.05, 3.63) is 211 Å². The highest BCUT2D eigenvalue weighted by atomic mass is 35.5. The number of aliphatic hydroxyl groups is 3. The van der Waals surface area contributed by atoms with Gasteiger partial charge in [-0.3, -0.25) is 29.0 Å². The third-order valence-corrected chi connectivity index (χ3v) is 41.7. The van der Waals surface area contributed by atoms with Crippen molar-refractivity contribution in [2.45, 2.75) is 218 Å². The minimum Gasteiger partial charge on any atom is -0.490 e. The van der Waals surface area contributed by atoms with Crippen LogP contribution >= 0.6 is 34.8 Å². The molecule has 766 valence electrons. The van der Waals surface area contributed by atoms with E-state index in [2.05, 4.69) is 81.1 Å². The molecular weight excluding hydrogens is 1930 g/mol. The number of benzene rings is 6. The number of halogens is 3. The number of allylic oxidation sites excluding steroid dienone is 3. The van der Waals surface area contributed by atoms with Crippen LogP contribution in [0, 0.1) is 53.3 Å². The molecule has 3 saturated carbocycles. The molecule has 9 heterocycles. The van der Waals surface area contributed by atoms with E-state index in [1.165, 1.54) is 39.5 Å². The lowest BCUT2D eigenvalue weighted by Crippen LogP contribution is -2.65. The predicted molar refractivity (Wildman–Crippen MR) is 550 cm³/mol. The maximum Gasteiger partial charge on any atom is 0.264 e. The van der Waals surface area contributed by atoms with Crippen LogP contribution in [0.15, 0.2) is 146 Å². The first-order valence-electron chi connectivity index (χ1n) is 51.3. The number of sulfonamides is 3. The number of nitrogens with zero attached hydrogens (tertiary/aromatic N) is 5. The summed E-state index contributed by atoms with van der Waals surface area (Å²) in [5.74, 6) is -0.392. The molecule has 0 aromatic heterocycles. The molecule has 0 unspecified atom stereocenters. The summed E-state index contributed by atoms with van der Waals surface area (Å²) in [7, 11) is -11.9. The van der Waals surface area contributed by atoms with Gasteiger partial charge in [0.25, 0.3) is 17.7 Å². The van der Waals surface area contributed by atoms with Crippen LogP contribution < -0.4 is 43.1 Å². The number of morpholine rings is 3. The summed E-state index contributed by atoms with van der Waals surface area (Å²) in [5.41, 5.74) is 6.26. The van der Waals surface area contributed by atoms with Crippen molar-refractivity contribution in [1.29, 1.82) is 0 Å². The zero-order valence-electron chi connectivity index (χ0n) is 82.1. The van der Waals surface area contributed by atoms with Crippen molar-refractivity contribution in [1.82, 2.24) is 24.0 Å². The van der Waals surface area contributed by atoms with E-state index in [1.54, 1.807) is 76.2 Å². The minimum atomic E-state index is -4.01. The highest BCUT2D eigenvalue weighted by Gasteiger charge is 2.56. The molecule has 27 nitrogen and oxygen atoms in total. The number of anilines is 3. The number of amides is 3. The quantitative estimate of drug-likeness (QED) is 0.0705. The lowest BCUT2D eigenvalue weighted by atomic mass is 9.63. The van der Waals surface area contributed by atoms with Gasteiger partial charge in [-0.25, -0.2) is 39.4 Å². The lowest BCUT2D eigenvalue weighted by Gasteiger charge is -2.56. The van der Waals surface area contributed by atoms with Gasteiger partial charge in [-0.15, -0.1) is 0 Å². The maximum absolute atomic E-state index is 13.6. The number of aldehydes is 1.